The van der Waals surface area contributed by atoms with Crippen LogP contribution in [-0.4, -0.2) is 24.1 Å². The molecule has 0 aliphatic heterocycles. The molecular weight excluding hydrogens is 851 g/mol. The number of nitrogens with zero attached hydrogens (tertiary/aromatic N) is 5. The standard InChI is InChI=1S/C65H41N5/c1-2-16-47-44(15-1)40-65(55-23-9-3-17-48(55)49-18-4-10-24-56(49)65)57-39-43(33-38-50(47)57)64-67-62(41-29-34-45(35-30-41)69-58-25-11-5-19-51(58)52-20-6-12-26-59(52)69)66-63(68-64)42-31-36-46(37-32-42)70-60-27-13-7-21-53(60)54-22-8-14-28-61(54)70/h1-39H,40H2. The molecule has 13 aromatic rings. The fourth-order valence-corrected chi connectivity index (χ4v) is 12.1. The van der Waals surface area contributed by atoms with E-state index in [-0.39, 0.29) is 0 Å². The fraction of sp³-hybridized carbons (Fsp3) is 0.0308. The van der Waals surface area contributed by atoms with Gasteiger partial charge in [-0.05, 0) is 130 Å². The van der Waals surface area contributed by atoms with Crippen LogP contribution >= 0.6 is 0 Å². The Bertz CT molecular complexity index is 3940. The van der Waals surface area contributed by atoms with Crippen molar-refractivity contribution in [3.8, 4) is 67.8 Å². The molecule has 326 valence electrons. The molecule has 0 radical (unpaired) electrons. The van der Waals surface area contributed by atoms with Crippen LogP contribution in [0.25, 0.3) is 111 Å². The molecule has 1 spiro atoms. The van der Waals surface area contributed by atoms with Gasteiger partial charge in [0.25, 0.3) is 0 Å². The van der Waals surface area contributed by atoms with Crippen molar-refractivity contribution in [3.05, 3.63) is 259 Å². The monoisotopic (exact) mass is 891 g/mol. The molecule has 3 heterocycles. The Morgan fingerprint density at radius 1 is 0.300 bits per heavy atom. The van der Waals surface area contributed by atoms with E-state index < -0.39 is 5.41 Å². The molecule has 3 aromatic heterocycles. The van der Waals surface area contributed by atoms with E-state index >= 15 is 0 Å². The quantitative estimate of drug-likeness (QED) is 0.173. The second-order valence-electron chi connectivity index (χ2n) is 18.7. The third-order valence-electron chi connectivity index (χ3n) is 15.1. The highest BCUT2D eigenvalue weighted by Crippen LogP contribution is 2.59. The van der Waals surface area contributed by atoms with Crippen LogP contribution in [0.15, 0.2) is 237 Å². The Hall–Kier alpha value is -9.19. The van der Waals surface area contributed by atoms with E-state index in [0.717, 1.165) is 34.5 Å². The van der Waals surface area contributed by atoms with Gasteiger partial charge in [-0.25, -0.2) is 15.0 Å². The number of hydrogen-bond acceptors (Lipinski definition) is 3. The zero-order chi connectivity index (χ0) is 45.9. The molecule has 0 N–H and O–H groups in total. The van der Waals surface area contributed by atoms with Gasteiger partial charge in [0.1, 0.15) is 0 Å². The molecule has 0 bridgehead atoms. The molecule has 10 aromatic carbocycles. The highest BCUT2D eigenvalue weighted by atomic mass is 15.0. The number of aromatic nitrogens is 5. The lowest BCUT2D eigenvalue weighted by Crippen LogP contribution is -2.33. The molecule has 0 unspecified atom stereocenters. The molecule has 0 saturated carbocycles. The van der Waals surface area contributed by atoms with E-state index in [9.17, 15) is 0 Å². The molecule has 2 aliphatic carbocycles. The molecular formula is C65H41N5. The summed E-state index contributed by atoms with van der Waals surface area (Å²) in [5.41, 5.74) is 19.7. The number of para-hydroxylation sites is 4. The molecule has 0 fully saturated rings. The summed E-state index contributed by atoms with van der Waals surface area (Å²) in [4.78, 5) is 16.1. The first-order chi connectivity index (χ1) is 34.7. The van der Waals surface area contributed by atoms with Gasteiger partial charge in [-0.2, -0.15) is 0 Å². The van der Waals surface area contributed by atoms with Crippen LogP contribution in [0.4, 0.5) is 0 Å². The lowest BCUT2D eigenvalue weighted by atomic mass is 9.62. The summed E-state index contributed by atoms with van der Waals surface area (Å²) in [5, 5.41) is 4.94. The summed E-state index contributed by atoms with van der Waals surface area (Å²) < 4.78 is 4.69. The Morgan fingerprint density at radius 2 is 0.657 bits per heavy atom. The van der Waals surface area contributed by atoms with Crippen LogP contribution in [-0.2, 0) is 11.8 Å². The first kappa shape index (κ1) is 38.9. The molecule has 5 nitrogen and oxygen atoms in total. The summed E-state index contributed by atoms with van der Waals surface area (Å²) in [5.74, 6) is 1.87. The van der Waals surface area contributed by atoms with Crippen LogP contribution < -0.4 is 0 Å². The van der Waals surface area contributed by atoms with E-state index in [1.165, 1.54) is 88.1 Å². The predicted molar refractivity (Wildman–Crippen MR) is 286 cm³/mol. The van der Waals surface area contributed by atoms with Crippen molar-refractivity contribution in [3.63, 3.8) is 0 Å². The number of benzene rings is 10. The highest BCUT2D eigenvalue weighted by Gasteiger charge is 2.48. The smallest absolute Gasteiger partial charge is 0.164 e. The van der Waals surface area contributed by atoms with Gasteiger partial charge in [0, 0.05) is 49.6 Å². The van der Waals surface area contributed by atoms with Gasteiger partial charge in [0.05, 0.1) is 27.5 Å². The zero-order valence-electron chi connectivity index (χ0n) is 38.0. The van der Waals surface area contributed by atoms with Crippen LogP contribution in [0.3, 0.4) is 0 Å². The third-order valence-corrected chi connectivity index (χ3v) is 15.1. The summed E-state index contributed by atoms with van der Waals surface area (Å²) in [6.45, 7) is 0. The normalized spacial score (nSPS) is 13.2. The number of fused-ring (bicyclic) bond motifs is 15. The Kier molecular flexibility index (Phi) is 8.28. The summed E-state index contributed by atoms with van der Waals surface area (Å²) in [7, 11) is 0. The van der Waals surface area contributed by atoms with Crippen molar-refractivity contribution in [2.75, 3.05) is 0 Å². The van der Waals surface area contributed by atoms with Gasteiger partial charge in [-0.1, -0.05) is 158 Å². The average molecular weight is 892 g/mol. The van der Waals surface area contributed by atoms with Crippen molar-refractivity contribution in [1.29, 1.82) is 0 Å². The molecule has 0 atom stereocenters. The topological polar surface area (TPSA) is 48.5 Å². The van der Waals surface area contributed by atoms with Crippen molar-refractivity contribution in [2.45, 2.75) is 11.8 Å². The summed E-state index contributed by atoms with van der Waals surface area (Å²) >= 11 is 0. The van der Waals surface area contributed by atoms with Crippen molar-refractivity contribution < 1.29 is 0 Å². The van der Waals surface area contributed by atoms with Crippen molar-refractivity contribution in [2.24, 2.45) is 0 Å². The van der Waals surface area contributed by atoms with Crippen LogP contribution in [0.1, 0.15) is 22.3 Å². The minimum Gasteiger partial charge on any atom is -0.309 e. The first-order valence-electron chi connectivity index (χ1n) is 24.1. The van der Waals surface area contributed by atoms with Crippen LogP contribution in [0.5, 0.6) is 0 Å². The molecule has 0 amide bonds. The Labute approximate surface area is 404 Å². The SMILES string of the molecule is c1ccc2c(c1)CC1(c3cc(-c4nc(-c5ccc(-n6c7ccccc7c7ccccc76)cc5)nc(-c5ccc(-n6c7ccccc7c7ccccc76)cc5)n4)ccc3-2)c2ccccc2-c2ccccc21. The van der Waals surface area contributed by atoms with Crippen molar-refractivity contribution >= 4 is 43.6 Å². The van der Waals surface area contributed by atoms with Gasteiger partial charge >= 0.3 is 0 Å². The van der Waals surface area contributed by atoms with E-state index in [2.05, 4.69) is 246 Å². The lowest BCUT2D eigenvalue weighted by molar-refractivity contribution is 0.622. The Morgan fingerprint density at radius 3 is 1.13 bits per heavy atom. The van der Waals surface area contributed by atoms with Crippen LogP contribution in [0.2, 0.25) is 0 Å². The van der Waals surface area contributed by atoms with Gasteiger partial charge in [0.15, 0.2) is 17.5 Å². The molecule has 5 heteroatoms. The van der Waals surface area contributed by atoms with Crippen molar-refractivity contribution in [1.82, 2.24) is 24.1 Å². The molecule has 0 saturated heterocycles. The van der Waals surface area contributed by atoms with Gasteiger partial charge < -0.3 is 9.13 Å². The number of hydrogen-bond donors (Lipinski definition) is 0. The minimum absolute atomic E-state index is 0.392. The maximum Gasteiger partial charge on any atom is 0.164 e. The molecule has 15 rings (SSSR count). The fourth-order valence-electron chi connectivity index (χ4n) is 12.1. The highest BCUT2D eigenvalue weighted by molar-refractivity contribution is 6.10. The second kappa shape index (κ2) is 14.9. The predicted octanol–water partition coefficient (Wildman–Crippen LogP) is 15.6. The van der Waals surface area contributed by atoms with E-state index in [0.29, 0.717) is 17.5 Å². The van der Waals surface area contributed by atoms with Gasteiger partial charge in [0.2, 0.25) is 0 Å². The maximum absolute atomic E-state index is 5.38. The van der Waals surface area contributed by atoms with Gasteiger partial charge in [-0.15, -0.1) is 0 Å². The number of rotatable bonds is 5. The lowest BCUT2D eigenvalue weighted by Gasteiger charge is -2.39. The molecule has 2 aliphatic rings. The Balaban J connectivity index is 0.915. The zero-order valence-corrected chi connectivity index (χ0v) is 38.0. The van der Waals surface area contributed by atoms with Gasteiger partial charge in [-0.3, -0.25) is 0 Å². The van der Waals surface area contributed by atoms with E-state index in [1.54, 1.807) is 0 Å². The maximum atomic E-state index is 5.38. The summed E-state index contributed by atoms with van der Waals surface area (Å²) in [6, 6.07) is 85.7. The largest absolute Gasteiger partial charge is 0.309 e. The molecule has 70 heavy (non-hydrogen) atoms. The van der Waals surface area contributed by atoms with Crippen LogP contribution in [0, 0.1) is 0 Å². The average Bonchev–Trinajstić information content (AvgIpc) is 4.05. The van der Waals surface area contributed by atoms with E-state index in [1.807, 2.05) is 0 Å². The van der Waals surface area contributed by atoms with E-state index in [4.69, 9.17) is 15.0 Å². The third kappa shape index (κ3) is 5.57. The first-order valence-corrected chi connectivity index (χ1v) is 24.1. The second-order valence-corrected chi connectivity index (χ2v) is 18.7. The summed E-state index contributed by atoms with van der Waals surface area (Å²) in [6.07, 6.45) is 0.859. The minimum atomic E-state index is -0.392.